The third kappa shape index (κ3) is 5.19. The predicted octanol–water partition coefficient (Wildman–Crippen LogP) is 3.92. The number of pyridine rings is 1. The number of urea groups is 1. The number of carbonyl (C=O) groups is 2. The van der Waals surface area contributed by atoms with Crippen molar-refractivity contribution < 1.29 is 14.3 Å². The van der Waals surface area contributed by atoms with Crippen LogP contribution < -0.4 is 15.8 Å². The molecule has 7 heteroatoms. The normalized spacial score (nSPS) is 14.1. The Morgan fingerprint density at radius 1 is 1.00 bits per heavy atom. The molecule has 2 aromatic carbocycles. The number of nitrogens with zero attached hydrogens (tertiary/aromatic N) is 2. The number of benzene rings is 2. The van der Waals surface area contributed by atoms with Gasteiger partial charge in [-0.05, 0) is 47.5 Å². The molecule has 4 rings (SSSR count). The van der Waals surface area contributed by atoms with E-state index in [0.717, 1.165) is 29.7 Å². The summed E-state index contributed by atoms with van der Waals surface area (Å²) >= 11 is 0. The quantitative estimate of drug-likeness (QED) is 0.659. The summed E-state index contributed by atoms with van der Waals surface area (Å²) in [5.74, 6) is 0.314. The van der Waals surface area contributed by atoms with Crippen LogP contribution in [0.15, 0.2) is 73.1 Å². The average molecular weight is 416 g/mol. The Hall–Kier alpha value is -3.87. The number of anilines is 1. The van der Waals surface area contributed by atoms with Crippen LogP contribution >= 0.6 is 0 Å². The highest BCUT2D eigenvalue weighted by Crippen LogP contribution is 2.27. The van der Waals surface area contributed by atoms with E-state index in [4.69, 9.17) is 10.5 Å². The number of piperidine rings is 1. The minimum Gasteiger partial charge on any atom is -0.490 e. The summed E-state index contributed by atoms with van der Waals surface area (Å²) < 4.78 is 6.18. The largest absolute Gasteiger partial charge is 0.490 e. The van der Waals surface area contributed by atoms with E-state index in [9.17, 15) is 9.59 Å². The summed E-state index contributed by atoms with van der Waals surface area (Å²) in [5.41, 5.74) is 8.41. The van der Waals surface area contributed by atoms with Crippen LogP contribution in [0.1, 0.15) is 23.2 Å². The average Bonchev–Trinajstić information content (AvgIpc) is 2.80. The van der Waals surface area contributed by atoms with Gasteiger partial charge in [-0.25, -0.2) is 4.79 Å². The van der Waals surface area contributed by atoms with Crippen molar-refractivity contribution in [1.29, 1.82) is 0 Å². The van der Waals surface area contributed by atoms with Gasteiger partial charge in [0.25, 0.3) is 0 Å². The first-order valence-electron chi connectivity index (χ1n) is 10.2. The van der Waals surface area contributed by atoms with Crippen LogP contribution in [0.5, 0.6) is 5.75 Å². The van der Waals surface area contributed by atoms with Gasteiger partial charge >= 0.3 is 6.03 Å². The van der Waals surface area contributed by atoms with Crippen LogP contribution in [0.25, 0.3) is 11.1 Å². The number of carbonyl (C=O) groups excluding carboxylic acids is 2. The molecule has 0 atom stereocenters. The fourth-order valence-corrected chi connectivity index (χ4v) is 3.61. The van der Waals surface area contributed by atoms with Gasteiger partial charge in [0.15, 0.2) is 0 Å². The van der Waals surface area contributed by atoms with Crippen molar-refractivity contribution in [2.75, 3.05) is 18.4 Å². The fraction of sp³-hybridized carbons (Fsp3) is 0.208. The minimum absolute atomic E-state index is 0.0367. The molecule has 0 aliphatic carbocycles. The molecule has 1 aliphatic rings. The first kappa shape index (κ1) is 20.4. The van der Waals surface area contributed by atoms with Crippen LogP contribution in [0.3, 0.4) is 0 Å². The first-order chi connectivity index (χ1) is 15.1. The topological polar surface area (TPSA) is 97.6 Å². The van der Waals surface area contributed by atoms with E-state index in [-0.39, 0.29) is 12.1 Å². The summed E-state index contributed by atoms with van der Waals surface area (Å²) in [7, 11) is 0. The molecule has 0 bridgehead atoms. The third-order valence-electron chi connectivity index (χ3n) is 5.26. The number of nitrogens with one attached hydrogen (secondary N) is 1. The maximum Gasteiger partial charge on any atom is 0.321 e. The van der Waals surface area contributed by atoms with E-state index in [1.54, 1.807) is 35.5 Å². The van der Waals surface area contributed by atoms with Gasteiger partial charge in [0.2, 0.25) is 5.91 Å². The fourth-order valence-electron chi connectivity index (χ4n) is 3.61. The maximum atomic E-state index is 12.4. The summed E-state index contributed by atoms with van der Waals surface area (Å²) in [6.07, 6.45) is 4.83. The zero-order chi connectivity index (χ0) is 21.6. The Morgan fingerprint density at radius 3 is 2.45 bits per heavy atom. The lowest BCUT2D eigenvalue weighted by atomic mass is 10.0. The zero-order valence-corrected chi connectivity index (χ0v) is 17.0. The Balaban J connectivity index is 1.35. The highest BCUT2D eigenvalue weighted by atomic mass is 16.5. The lowest BCUT2D eigenvalue weighted by Crippen LogP contribution is -2.43. The van der Waals surface area contributed by atoms with Gasteiger partial charge in [0, 0.05) is 37.7 Å². The van der Waals surface area contributed by atoms with E-state index in [1.165, 1.54) is 0 Å². The molecule has 3 N–H and O–H groups in total. The van der Waals surface area contributed by atoms with Gasteiger partial charge in [-0.1, -0.05) is 24.3 Å². The van der Waals surface area contributed by atoms with E-state index in [0.29, 0.717) is 24.3 Å². The summed E-state index contributed by atoms with van der Waals surface area (Å²) in [6.45, 7) is 1.24. The van der Waals surface area contributed by atoms with Crippen LogP contribution in [-0.4, -0.2) is 41.0 Å². The van der Waals surface area contributed by atoms with Crippen molar-refractivity contribution in [3.63, 3.8) is 0 Å². The molecule has 31 heavy (non-hydrogen) atoms. The van der Waals surface area contributed by atoms with Crippen molar-refractivity contribution in [2.45, 2.75) is 18.9 Å². The van der Waals surface area contributed by atoms with E-state index in [1.807, 2.05) is 42.5 Å². The number of ether oxygens (including phenoxy) is 1. The summed E-state index contributed by atoms with van der Waals surface area (Å²) in [5, 5.41) is 2.87. The molecule has 2 heterocycles. The van der Waals surface area contributed by atoms with Crippen molar-refractivity contribution in [3.05, 3.63) is 78.6 Å². The molecular weight excluding hydrogens is 392 g/mol. The molecule has 1 fully saturated rings. The molecule has 7 nitrogen and oxygen atoms in total. The highest BCUT2D eigenvalue weighted by molar-refractivity contribution is 5.94. The van der Waals surface area contributed by atoms with Crippen LogP contribution in [0.4, 0.5) is 10.5 Å². The standard InChI is InChI=1S/C24H24N4O3/c25-23(29)19-6-1-4-17(14-19)18-5-2-8-22(15-18)31-21-9-12-28(13-10-21)24(30)27-20-7-3-11-26-16-20/h1-8,11,14-16,21H,9-10,12-13H2,(H2,25,29)(H,27,30). The molecular formula is C24H24N4O3. The van der Waals surface area contributed by atoms with E-state index < -0.39 is 5.91 Å². The monoisotopic (exact) mass is 416 g/mol. The molecule has 0 radical (unpaired) electrons. The second-order valence-corrected chi connectivity index (χ2v) is 7.45. The Kier molecular flexibility index (Phi) is 6.12. The smallest absolute Gasteiger partial charge is 0.321 e. The van der Waals surface area contributed by atoms with E-state index >= 15 is 0 Å². The number of rotatable bonds is 5. The van der Waals surface area contributed by atoms with Crippen LogP contribution in [0, 0.1) is 0 Å². The number of nitrogens with two attached hydrogens (primary N) is 1. The molecule has 0 unspecified atom stereocenters. The summed E-state index contributed by atoms with van der Waals surface area (Å²) in [6, 6.07) is 18.5. The molecule has 3 aromatic rings. The predicted molar refractivity (Wildman–Crippen MR) is 119 cm³/mol. The van der Waals surface area contributed by atoms with Gasteiger partial charge in [0.1, 0.15) is 11.9 Å². The molecule has 0 spiro atoms. The lowest BCUT2D eigenvalue weighted by molar-refractivity contribution is 0.1000. The van der Waals surface area contributed by atoms with Crippen molar-refractivity contribution in [2.24, 2.45) is 5.73 Å². The van der Waals surface area contributed by atoms with Gasteiger partial charge < -0.3 is 20.7 Å². The van der Waals surface area contributed by atoms with Gasteiger partial charge in [0.05, 0.1) is 11.9 Å². The number of amides is 3. The molecule has 1 aliphatic heterocycles. The Labute approximate surface area is 180 Å². The van der Waals surface area contributed by atoms with Gasteiger partial charge in [-0.15, -0.1) is 0 Å². The summed E-state index contributed by atoms with van der Waals surface area (Å²) in [4.78, 5) is 29.7. The third-order valence-corrected chi connectivity index (χ3v) is 5.26. The second-order valence-electron chi connectivity index (χ2n) is 7.45. The number of hydrogen-bond donors (Lipinski definition) is 2. The lowest BCUT2D eigenvalue weighted by Gasteiger charge is -2.32. The van der Waals surface area contributed by atoms with Gasteiger partial charge in [-0.3, -0.25) is 9.78 Å². The van der Waals surface area contributed by atoms with Crippen LogP contribution in [0.2, 0.25) is 0 Å². The first-order valence-corrected chi connectivity index (χ1v) is 10.2. The van der Waals surface area contributed by atoms with Gasteiger partial charge in [-0.2, -0.15) is 0 Å². The molecule has 1 aromatic heterocycles. The number of likely N-dealkylation sites (tertiary alicyclic amines) is 1. The number of hydrogen-bond acceptors (Lipinski definition) is 4. The Morgan fingerprint density at radius 2 is 1.74 bits per heavy atom. The van der Waals surface area contributed by atoms with E-state index in [2.05, 4.69) is 10.3 Å². The van der Waals surface area contributed by atoms with Crippen molar-refractivity contribution in [1.82, 2.24) is 9.88 Å². The van der Waals surface area contributed by atoms with Crippen molar-refractivity contribution in [3.8, 4) is 16.9 Å². The number of primary amides is 1. The SMILES string of the molecule is NC(=O)c1cccc(-c2cccc(OC3CCN(C(=O)Nc4cccnc4)CC3)c2)c1. The van der Waals surface area contributed by atoms with Crippen molar-refractivity contribution >= 4 is 17.6 Å². The molecule has 0 saturated carbocycles. The minimum atomic E-state index is -0.450. The molecule has 3 amide bonds. The highest BCUT2D eigenvalue weighted by Gasteiger charge is 2.24. The van der Waals surface area contributed by atoms with Crippen LogP contribution in [-0.2, 0) is 0 Å². The molecule has 1 saturated heterocycles. The maximum absolute atomic E-state index is 12.4. The zero-order valence-electron chi connectivity index (χ0n) is 17.0. The molecule has 158 valence electrons. The number of aromatic nitrogens is 1. The Bertz CT molecular complexity index is 1060. The second kappa shape index (κ2) is 9.30.